The highest BCUT2D eigenvalue weighted by Gasteiger charge is 2.23. The van der Waals surface area contributed by atoms with Gasteiger partial charge in [-0.2, -0.15) is 5.26 Å². The molecular weight excluding hydrogens is 412 g/mol. The number of aliphatic hydroxyl groups is 1. The Bertz CT molecular complexity index is 1150. The van der Waals surface area contributed by atoms with Gasteiger partial charge in [0.25, 0.3) is 0 Å². The molecule has 6 nitrogen and oxygen atoms in total. The SMILES string of the molecule is CC(=O)NCc1ccc2c(C#N)cn(C3CCN(CCc4ccc(C(C)O)cc4)CC3)c2c1. The van der Waals surface area contributed by atoms with Crippen LogP contribution in [0, 0.1) is 11.3 Å². The van der Waals surface area contributed by atoms with Gasteiger partial charge in [-0.05, 0) is 48.9 Å². The van der Waals surface area contributed by atoms with Crippen molar-refractivity contribution in [1.82, 2.24) is 14.8 Å². The van der Waals surface area contributed by atoms with Crippen LogP contribution in [0.5, 0.6) is 0 Å². The number of hydrogen-bond donors (Lipinski definition) is 2. The number of carbonyl (C=O) groups is 1. The Hall–Kier alpha value is -3.14. The lowest BCUT2D eigenvalue weighted by Crippen LogP contribution is -2.35. The van der Waals surface area contributed by atoms with Gasteiger partial charge in [0, 0.05) is 56.2 Å². The fourth-order valence-electron chi connectivity index (χ4n) is 4.70. The zero-order chi connectivity index (χ0) is 23.4. The van der Waals surface area contributed by atoms with E-state index < -0.39 is 6.10 Å². The van der Waals surface area contributed by atoms with Crippen molar-refractivity contribution in [2.45, 2.75) is 51.8 Å². The maximum absolute atomic E-state index is 11.3. The second-order valence-corrected chi connectivity index (χ2v) is 9.06. The van der Waals surface area contributed by atoms with Crippen LogP contribution in [-0.2, 0) is 17.8 Å². The Labute approximate surface area is 195 Å². The molecule has 2 heterocycles. The molecule has 2 N–H and O–H groups in total. The van der Waals surface area contributed by atoms with Crippen LogP contribution in [0.15, 0.2) is 48.7 Å². The molecule has 1 amide bonds. The quantitative estimate of drug-likeness (QED) is 0.575. The number of nitriles is 1. The van der Waals surface area contributed by atoms with Crippen LogP contribution in [-0.4, -0.2) is 40.1 Å². The van der Waals surface area contributed by atoms with Crippen LogP contribution in [0.2, 0.25) is 0 Å². The maximum Gasteiger partial charge on any atom is 0.217 e. The number of carbonyl (C=O) groups excluding carboxylic acids is 1. The van der Waals surface area contributed by atoms with Crippen LogP contribution in [0.3, 0.4) is 0 Å². The zero-order valence-electron chi connectivity index (χ0n) is 19.4. The standard InChI is InChI=1S/C27H32N4O2/c1-19(32)23-6-3-21(4-7-23)9-12-30-13-10-25(11-14-30)31-18-24(16-28)26-8-5-22(15-27(26)31)17-29-20(2)33/h3-8,15,18-19,25,32H,9-14,17H2,1-2H3,(H,29,33). The van der Waals surface area contributed by atoms with E-state index in [9.17, 15) is 15.2 Å². The van der Waals surface area contributed by atoms with Gasteiger partial charge in [-0.1, -0.05) is 36.4 Å². The predicted molar refractivity (Wildman–Crippen MR) is 130 cm³/mol. The van der Waals surface area contributed by atoms with Crippen molar-refractivity contribution >= 4 is 16.8 Å². The third kappa shape index (κ3) is 5.44. The smallest absolute Gasteiger partial charge is 0.217 e. The molecule has 4 rings (SSSR count). The summed E-state index contributed by atoms with van der Waals surface area (Å²) in [7, 11) is 0. The molecule has 0 aliphatic carbocycles. The third-order valence-electron chi connectivity index (χ3n) is 6.69. The molecule has 1 fully saturated rings. The molecule has 2 aromatic carbocycles. The second-order valence-electron chi connectivity index (χ2n) is 9.06. The molecule has 0 spiro atoms. The molecular formula is C27H32N4O2. The first kappa shape index (κ1) is 23.0. The van der Waals surface area contributed by atoms with E-state index in [1.807, 2.05) is 30.5 Å². The lowest BCUT2D eigenvalue weighted by molar-refractivity contribution is -0.119. The van der Waals surface area contributed by atoms with E-state index in [1.54, 1.807) is 6.92 Å². The third-order valence-corrected chi connectivity index (χ3v) is 6.69. The largest absolute Gasteiger partial charge is 0.389 e. The number of nitrogens with one attached hydrogen (secondary N) is 1. The van der Waals surface area contributed by atoms with E-state index in [0.717, 1.165) is 60.9 Å². The van der Waals surface area contributed by atoms with Crippen LogP contribution in [0.25, 0.3) is 10.9 Å². The molecule has 1 saturated heterocycles. The van der Waals surface area contributed by atoms with Gasteiger partial charge in [0.05, 0.1) is 11.7 Å². The highest BCUT2D eigenvalue weighted by molar-refractivity contribution is 5.87. The maximum atomic E-state index is 11.3. The summed E-state index contributed by atoms with van der Waals surface area (Å²) in [4.78, 5) is 13.8. The molecule has 1 aromatic heterocycles. The zero-order valence-corrected chi connectivity index (χ0v) is 19.4. The number of aliphatic hydroxyl groups excluding tert-OH is 1. The first-order valence-electron chi connectivity index (χ1n) is 11.7. The predicted octanol–water partition coefficient (Wildman–Crippen LogP) is 4.08. The van der Waals surface area contributed by atoms with Crippen molar-refractivity contribution in [3.8, 4) is 6.07 Å². The first-order chi connectivity index (χ1) is 15.9. The number of benzene rings is 2. The van der Waals surface area contributed by atoms with Crippen molar-refractivity contribution in [1.29, 1.82) is 5.26 Å². The first-order valence-corrected chi connectivity index (χ1v) is 11.7. The highest BCUT2D eigenvalue weighted by atomic mass is 16.3. The van der Waals surface area contributed by atoms with Crippen LogP contribution < -0.4 is 5.32 Å². The van der Waals surface area contributed by atoms with Crippen molar-refractivity contribution in [3.63, 3.8) is 0 Å². The number of piperidine rings is 1. The minimum atomic E-state index is -0.425. The molecule has 33 heavy (non-hydrogen) atoms. The minimum Gasteiger partial charge on any atom is -0.389 e. The topological polar surface area (TPSA) is 81.3 Å². The summed E-state index contributed by atoms with van der Waals surface area (Å²) in [5.74, 6) is -0.0468. The fraction of sp³-hybridized carbons (Fsp3) is 0.407. The number of fused-ring (bicyclic) bond motifs is 1. The number of amides is 1. The van der Waals surface area contributed by atoms with Crippen LogP contribution in [0.1, 0.15) is 61.1 Å². The Balaban J connectivity index is 1.40. The summed E-state index contributed by atoms with van der Waals surface area (Å²) < 4.78 is 2.28. The van der Waals surface area contributed by atoms with Crippen molar-refractivity contribution in [2.24, 2.45) is 0 Å². The number of aromatic nitrogens is 1. The number of nitrogens with zero attached hydrogens (tertiary/aromatic N) is 3. The fourth-order valence-corrected chi connectivity index (χ4v) is 4.70. The Morgan fingerprint density at radius 3 is 2.52 bits per heavy atom. The van der Waals surface area contributed by atoms with E-state index in [2.05, 4.69) is 39.1 Å². The number of likely N-dealkylation sites (tertiary alicyclic amines) is 1. The van der Waals surface area contributed by atoms with Gasteiger partial charge in [0.15, 0.2) is 0 Å². The van der Waals surface area contributed by atoms with Crippen molar-refractivity contribution in [3.05, 3.63) is 70.9 Å². The van der Waals surface area contributed by atoms with Crippen molar-refractivity contribution < 1.29 is 9.90 Å². The van der Waals surface area contributed by atoms with Gasteiger partial charge in [0.1, 0.15) is 6.07 Å². The van der Waals surface area contributed by atoms with E-state index in [-0.39, 0.29) is 5.91 Å². The van der Waals surface area contributed by atoms with Gasteiger partial charge >= 0.3 is 0 Å². The molecule has 172 valence electrons. The van der Waals surface area contributed by atoms with Crippen molar-refractivity contribution in [2.75, 3.05) is 19.6 Å². The monoisotopic (exact) mass is 444 g/mol. The molecule has 0 radical (unpaired) electrons. The average molecular weight is 445 g/mol. The Morgan fingerprint density at radius 1 is 1.18 bits per heavy atom. The summed E-state index contributed by atoms with van der Waals surface area (Å²) in [6.45, 7) is 6.89. The molecule has 0 saturated carbocycles. The average Bonchev–Trinajstić information content (AvgIpc) is 3.20. The van der Waals surface area contributed by atoms with Gasteiger partial charge < -0.3 is 19.9 Å². The molecule has 0 bridgehead atoms. The minimum absolute atomic E-state index is 0.0468. The lowest BCUT2D eigenvalue weighted by atomic mass is 10.0. The normalized spacial score (nSPS) is 15.9. The van der Waals surface area contributed by atoms with E-state index in [0.29, 0.717) is 18.2 Å². The van der Waals surface area contributed by atoms with Gasteiger partial charge in [-0.25, -0.2) is 0 Å². The molecule has 1 aliphatic heterocycles. The van der Waals surface area contributed by atoms with E-state index >= 15 is 0 Å². The van der Waals surface area contributed by atoms with E-state index in [1.165, 1.54) is 12.5 Å². The van der Waals surface area contributed by atoms with Crippen LogP contribution in [0.4, 0.5) is 0 Å². The molecule has 3 aromatic rings. The molecule has 6 heteroatoms. The summed E-state index contributed by atoms with van der Waals surface area (Å²) in [6.07, 6.45) is 4.67. The van der Waals surface area contributed by atoms with Gasteiger partial charge in [0.2, 0.25) is 5.91 Å². The lowest BCUT2D eigenvalue weighted by Gasteiger charge is -2.33. The number of hydrogen-bond acceptors (Lipinski definition) is 4. The highest BCUT2D eigenvalue weighted by Crippen LogP contribution is 2.31. The number of rotatable bonds is 7. The van der Waals surface area contributed by atoms with Gasteiger partial charge in [-0.15, -0.1) is 0 Å². The summed E-state index contributed by atoms with van der Waals surface area (Å²) in [5.41, 5.74) is 5.07. The molecule has 1 unspecified atom stereocenters. The molecule has 1 aliphatic rings. The summed E-state index contributed by atoms with van der Waals surface area (Å²) in [6, 6.07) is 17.0. The Kier molecular flexibility index (Phi) is 7.12. The summed E-state index contributed by atoms with van der Waals surface area (Å²) >= 11 is 0. The van der Waals surface area contributed by atoms with Crippen LogP contribution >= 0.6 is 0 Å². The second kappa shape index (κ2) is 10.2. The Morgan fingerprint density at radius 2 is 1.88 bits per heavy atom. The van der Waals surface area contributed by atoms with Gasteiger partial charge in [-0.3, -0.25) is 4.79 Å². The van der Waals surface area contributed by atoms with E-state index in [4.69, 9.17) is 0 Å². The molecule has 1 atom stereocenters. The summed E-state index contributed by atoms with van der Waals surface area (Å²) in [5, 5.41) is 23.1.